The molecule has 0 N–H and O–H groups in total. The van der Waals surface area contributed by atoms with Crippen LogP contribution in [0.1, 0.15) is 5.56 Å². The summed E-state index contributed by atoms with van der Waals surface area (Å²) in [7, 11) is 1.56. The minimum atomic E-state index is -0.345. The van der Waals surface area contributed by atoms with E-state index in [0.29, 0.717) is 11.3 Å². The van der Waals surface area contributed by atoms with Crippen molar-refractivity contribution >= 4 is 10.8 Å². The Balaban J connectivity index is 2.73. The number of hydrogen-bond donors (Lipinski definition) is 0. The normalized spacial score (nSPS) is 10.1. The van der Waals surface area contributed by atoms with E-state index in [-0.39, 0.29) is 12.2 Å². The molecule has 0 bridgehead atoms. The van der Waals surface area contributed by atoms with E-state index in [9.17, 15) is 4.39 Å². The van der Waals surface area contributed by atoms with Crippen molar-refractivity contribution in [2.75, 3.05) is 7.11 Å². The van der Waals surface area contributed by atoms with Gasteiger partial charge in [0.1, 0.15) is 11.6 Å². The molecule has 2 nitrogen and oxygen atoms in total. The summed E-state index contributed by atoms with van der Waals surface area (Å²) in [6.07, 6.45) is 0.0658. The highest BCUT2D eigenvalue weighted by Crippen LogP contribution is 2.26. The molecule has 0 aliphatic carbocycles. The molecule has 0 saturated heterocycles. The zero-order chi connectivity index (χ0) is 11.5. The highest BCUT2D eigenvalue weighted by molar-refractivity contribution is 5.87. The Morgan fingerprint density at radius 3 is 2.75 bits per heavy atom. The van der Waals surface area contributed by atoms with Gasteiger partial charge in [-0.15, -0.1) is 0 Å². The molecule has 0 unspecified atom stereocenters. The average molecular weight is 215 g/mol. The molecule has 0 saturated carbocycles. The van der Waals surface area contributed by atoms with Crippen LogP contribution in [0.4, 0.5) is 4.39 Å². The molecule has 0 spiro atoms. The molecule has 0 fully saturated rings. The molecule has 3 heteroatoms. The minimum absolute atomic E-state index is 0.0658. The van der Waals surface area contributed by atoms with Crippen LogP contribution in [0.15, 0.2) is 30.3 Å². The Labute approximate surface area is 92.9 Å². The first-order chi connectivity index (χ1) is 7.76. The highest BCUT2D eigenvalue weighted by Gasteiger charge is 2.08. The molecular formula is C13H10FNO. The minimum Gasteiger partial charge on any atom is -0.497 e. The lowest BCUT2D eigenvalue weighted by molar-refractivity contribution is 0.415. The molecule has 0 aliphatic heterocycles. The van der Waals surface area contributed by atoms with Crippen molar-refractivity contribution in [3.63, 3.8) is 0 Å². The number of nitriles is 1. The number of hydrogen-bond acceptors (Lipinski definition) is 2. The maximum atomic E-state index is 13.6. The lowest BCUT2D eigenvalue weighted by atomic mass is 10.0. The first-order valence-electron chi connectivity index (χ1n) is 4.88. The third-order valence-electron chi connectivity index (χ3n) is 2.54. The molecule has 0 aromatic heterocycles. The second-order valence-electron chi connectivity index (χ2n) is 3.45. The van der Waals surface area contributed by atoms with Gasteiger partial charge in [0.15, 0.2) is 0 Å². The first-order valence-corrected chi connectivity index (χ1v) is 4.88. The van der Waals surface area contributed by atoms with Gasteiger partial charge in [-0.1, -0.05) is 12.1 Å². The fourth-order valence-electron chi connectivity index (χ4n) is 1.72. The van der Waals surface area contributed by atoms with Crippen LogP contribution in [-0.2, 0) is 6.42 Å². The van der Waals surface area contributed by atoms with Crippen molar-refractivity contribution in [2.24, 2.45) is 0 Å². The molecule has 16 heavy (non-hydrogen) atoms. The van der Waals surface area contributed by atoms with Crippen molar-refractivity contribution < 1.29 is 9.13 Å². The lowest BCUT2D eigenvalue weighted by Gasteiger charge is -2.07. The predicted octanol–water partition coefficient (Wildman–Crippen LogP) is 3.05. The quantitative estimate of drug-likeness (QED) is 0.771. The SMILES string of the molecule is COc1ccc2ccc(F)c(CC#N)c2c1. The van der Waals surface area contributed by atoms with E-state index < -0.39 is 0 Å². The number of halogens is 1. The summed E-state index contributed by atoms with van der Waals surface area (Å²) < 4.78 is 18.6. The van der Waals surface area contributed by atoms with Crippen LogP contribution in [0, 0.1) is 17.1 Å². The smallest absolute Gasteiger partial charge is 0.128 e. The maximum Gasteiger partial charge on any atom is 0.128 e. The molecule has 0 atom stereocenters. The Hall–Kier alpha value is -2.08. The lowest BCUT2D eigenvalue weighted by Crippen LogP contribution is -1.92. The molecule has 0 amide bonds. The summed E-state index contributed by atoms with van der Waals surface area (Å²) in [6.45, 7) is 0. The van der Waals surface area contributed by atoms with Crippen molar-refractivity contribution in [2.45, 2.75) is 6.42 Å². The van der Waals surface area contributed by atoms with Gasteiger partial charge in [0, 0.05) is 5.56 Å². The Morgan fingerprint density at radius 2 is 2.06 bits per heavy atom. The molecule has 2 aromatic rings. The zero-order valence-electron chi connectivity index (χ0n) is 8.83. The van der Waals surface area contributed by atoms with Gasteiger partial charge in [-0.25, -0.2) is 4.39 Å². The number of benzene rings is 2. The van der Waals surface area contributed by atoms with Gasteiger partial charge < -0.3 is 4.74 Å². The second kappa shape index (κ2) is 4.19. The van der Waals surface area contributed by atoms with Gasteiger partial charge in [0.2, 0.25) is 0 Å². The summed E-state index contributed by atoms with van der Waals surface area (Å²) in [5, 5.41) is 10.3. The van der Waals surface area contributed by atoms with Gasteiger partial charge in [-0.2, -0.15) is 5.26 Å². The van der Waals surface area contributed by atoms with Gasteiger partial charge >= 0.3 is 0 Å². The van der Waals surface area contributed by atoms with E-state index in [2.05, 4.69) is 0 Å². The third kappa shape index (κ3) is 1.70. The van der Waals surface area contributed by atoms with Crippen LogP contribution >= 0.6 is 0 Å². The van der Waals surface area contributed by atoms with Crippen molar-refractivity contribution in [1.29, 1.82) is 5.26 Å². The molecule has 0 aliphatic rings. The van der Waals surface area contributed by atoms with Crippen molar-refractivity contribution in [3.05, 3.63) is 41.7 Å². The predicted molar refractivity (Wildman–Crippen MR) is 59.8 cm³/mol. The summed E-state index contributed by atoms with van der Waals surface area (Å²) in [5.74, 6) is 0.319. The van der Waals surface area contributed by atoms with Crippen LogP contribution < -0.4 is 4.74 Å². The number of fused-ring (bicyclic) bond motifs is 1. The van der Waals surface area contributed by atoms with Gasteiger partial charge in [0.05, 0.1) is 19.6 Å². The van der Waals surface area contributed by atoms with E-state index in [1.54, 1.807) is 19.2 Å². The van der Waals surface area contributed by atoms with Crippen molar-refractivity contribution in [3.8, 4) is 11.8 Å². The van der Waals surface area contributed by atoms with E-state index >= 15 is 0 Å². The first kappa shape index (κ1) is 10.4. The van der Waals surface area contributed by atoms with Crippen LogP contribution in [0.25, 0.3) is 10.8 Å². The fourth-order valence-corrected chi connectivity index (χ4v) is 1.72. The second-order valence-corrected chi connectivity index (χ2v) is 3.45. The van der Waals surface area contributed by atoms with Gasteiger partial charge in [-0.05, 0) is 29.0 Å². The average Bonchev–Trinajstić information content (AvgIpc) is 2.32. The largest absolute Gasteiger partial charge is 0.497 e. The summed E-state index contributed by atoms with van der Waals surface area (Å²) in [6, 6.07) is 10.5. The molecule has 2 aromatic carbocycles. The van der Waals surface area contributed by atoms with E-state index in [1.807, 2.05) is 18.2 Å². The van der Waals surface area contributed by atoms with Gasteiger partial charge in [-0.3, -0.25) is 0 Å². The summed E-state index contributed by atoms with van der Waals surface area (Å²) in [5.41, 5.74) is 0.430. The zero-order valence-corrected chi connectivity index (χ0v) is 8.83. The van der Waals surface area contributed by atoms with E-state index in [0.717, 1.165) is 10.8 Å². The molecule has 80 valence electrons. The Morgan fingerprint density at radius 1 is 1.31 bits per heavy atom. The van der Waals surface area contributed by atoms with E-state index in [1.165, 1.54) is 6.07 Å². The molecular weight excluding hydrogens is 205 g/mol. The summed E-state index contributed by atoms with van der Waals surface area (Å²) in [4.78, 5) is 0. The Kier molecular flexibility index (Phi) is 2.74. The third-order valence-corrected chi connectivity index (χ3v) is 2.54. The maximum absolute atomic E-state index is 13.6. The molecule has 0 radical (unpaired) electrons. The standard InChI is InChI=1S/C13H10FNO/c1-16-10-4-2-9-3-5-13(14)11(6-7-15)12(9)8-10/h2-5,8H,6H2,1H3. The van der Waals surface area contributed by atoms with Crippen LogP contribution in [0.3, 0.4) is 0 Å². The highest BCUT2D eigenvalue weighted by atomic mass is 19.1. The number of ether oxygens (including phenoxy) is 1. The van der Waals surface area contributed by atoms with Crippen molar-refractivity contribution in [1.82, 2.24) is 0 Å². The summed E-state index contributed by atoms with van der Waals surface area (Å²) >= 11 is 0. The van der Waals surface area contributed by atoms with Crippen LogP contribution in [-0.4, -0.2) is 7.11 Å². The number of rotatable bonds is 2. The topological polar surface area (TPSA) is 33.0 Å². The fraction of sp³-hybridized carbons (Fsp3) is 0.154. The Bertz CT molecular complexity index is 572. The number of methoxy groups -OCH3 is 1. The van der Waals surface area contributed by atoms with Crippen LogP contribution in [0.2, 0.25) is 0 Å². The van der Waals surface area contributed by atoms with E-state index in [4.69, 9.17) is 10.00 Å². The van der Waals surface area contributed by atoms with Crippen LogP contribution in [0.5, 0.6) is 5.75 Å². The molecule has 0 heterocycles. The van der Waals surface area contributed by atoms with Gasteiger partial charge in [0.25, 0.3) is 0 Å². The monoisotopic (exact) mass is 215 g/mol. The molecule has 2 rings (SSSR count). The number of nitrogens with zero attached hydrogens (tertiary/aromatic N) is 1.